The lowest BCUT2D eigenvalue weighted by Crippen LogP contribution is -2.47. The zero-order valence-corrected chi connectivity index (χ0v) is 12.2. The molecule has 1 saturated heterocycles. The van der Waals surface area contributed by atoms with Crippen LogP contribution in [-0.2, 0) is 4.79 Å². The fourth-order valence-electron chi connectivity index (χ4n) is 2.54. The van der Waals surface area contributed by atoms with E-state index in [1.54, 1.807) is 0 Å². The van der Waals surface area contributed by atoms with E-state index in [4.69, 9.17) is 0 Å². The van der Waals surface area contributed by atoms with E-state index in [2.05, 4.69) is 29.4 Å². The van der Waals surface area contributed by atoms with Crippen LogP contribution in [0, 0.1) is 5.92 Å². The molecule has 1 amide bonds. The first-order valence-corrected chi connectivity index (χ1v) is 7.33. The minimum absolute atomic E-state index is 0.182. The second kappa shape index (κ2) is 8.48. The summed E-state index contributed by atoms with van der Waals surface area (Å²) >= 11 is 0. The van der Waals surface area contributed by atoms with E-state index >= 15 is 0 Å². The fraction of sp³-hybridized carbons (Fsp3) is 0.929. The summed E-state index contributed by atoms with van der Waals surface area (Å²) < 4.78 is 0. The molecule has 0 aromatic heterocycles. The Morgan fingerprint density at radius 3 is 2.94 bits per heavy atom. The molecule has 0 aromatic rings. The molecule has 4 nitrogen and oxygen atoms in total. The Hall–Kier alpha value is -0.610. The molecule has 0 spiro atoms. The SMILES string of the molecule is CCCCNC(=O)CN1CCCC(C(C)NC)C1. The lowest BCUT2D eigenvalue weighted by atomic mass is 9.92. The van der Waals surface area contributed by atoms with Gasteiger partial charge in [-0.25, -0.2) is 0 Å². The van der Waals surface area contributed by atoms with E-state index in [9.17, 15) is 4.79 Å². The Morgan fingerprint density at radius 1 is 1.50 bits per heavy atom. The van der Waals surface area contributed by atoms with Gasteiger partial charge in [-0.05, 0) is 45.7 Å². The second-order valence-electron chi connectivity index (χ2n) is 5.42. The van der Waals surface area contributed by atoms with Gasteiger partial charge in [0.1, 0.15) is 0 Å². The van der Waals surface area contributed by atoms with Crippen LogP contribution in [0.25, 0.3) is 0 Å². The molecule has 2 N–H and O–H groups in total. The van der Waals surface area contributed by atoms with Crippen molar-refractivity contribution in [2.75, 3.05) is 33.2 Å². The molecule has 1 fully saturated rings. The van der Waals surface area contributed by atoms with Crippen LogP contribution in [0.15, 0.2) is 0 Å². The van der Waals surface area contributed by atoms with Gasteiger partial charge in [-0.3, -0.25) is 9.69 Å². The summed E-state index contributed by atoms with van der Waals surface area (Å²) in [7, 11) is 2.01. The normalized spacial score (nSPS) is 22.7. The number of nitrogens with zero attached hydrogens (tertiary/aromatic N) is 1. The number of amides is 1. The maximum absolute atomic E-state index is 11.8. The molecule has 0 bridgehead atoms. The van der Waals surface area contributed by atoms with E-state index in [0.717, 1.165) is 32.5 Å². The van der Waals surface area contributed by atoms with Gasteiger partial charge in [-0.15, -0.1) is 0 Å². The lowest BCUT2D eigenvalue weighted by molar-refractivity contribution is -0.122. The first kappa shape index (κ1) is 15.4. The van der Waals surface area contributed by atoms with Crippen molar-refractivity contribution in [1.82, 2.24) is 15.5 Å². The van der Waals surface area contributed by atoms with Crippen molar-refractivity contribution in [3.05, 3.63) is 0 Å². The van der Waals surface area contributed by atoms with Gasteiger partial charge in [-0.1, -0.05) is 13.3 Å². The number of rotatable bonds is 7. The predicted molar refractivity (Wildman–Crippen MR) is 75.6 cm³/mol. The van der Waals surface area contributed by atoms with Crippen LogP contribution in [0.5, 0.6) is 0 Å². The molecule has 1 aliphatic rings. The highest BCUT2D eigenvalue weighted by Gasteiger charge is 2.24. The van der Waals surface area contributed by atoms with Crippen molar-refractivity contribution in [2.45, 2.75) is 45.6 Å². The van der Waals surface area contributed by atoms with Gasteiger partial charge in [0.05, 0.1) is 6.54 Å². The average molecular weight is 255 g/mol. The van der Waals surface area contributed by atoms with Crippen LogP contribution in [0.4, 0.5) is 0 Å². The number of piperidine rings is 1. The monoisotopic (exact) mass is 255 g/mol. The van der Waals surface area contributed by atoms with Gasteiger partial charge in [0.2, 0.25) is 5.91 Å². The maximum atomic E-state index is 11.8. The van der Waals surface area contributed by atoms with Gasteiger partial charge in [0, 0.05) is 19.1 Å². The minimum Gasteiger partial charge on any atom is -0.355 e. The number of nitrogens with one attached hydrogen (secondary N) is 2. The van der Waals surface area contributed by atoms with E-state index < -0.39 is 0 Å². The van der Waals surface area contributed by atoms with Crippen molar-refractivity contribution in [2.24, 2.45) is 5.92 Å². The Balaban J connectivity index is 2.27. The molecule has 0 radical (unpaired) electrons. The summed E-state index contributed by atoms with van der Waals surface area (Å²) in [6.45, 7) is 7.86. The maximum Gasteiger partial charge on any atom is 0.234 e. The van der Waals surface area contributed by atoms with Crippen LogP contribution in [-0.4, -0.2) is 50.1 Å². The first-order chi connectivity index (χ1) is 8.67. The number of carbonyl (C=O) groups is 1. The molecule has 18 heavy (non-hydrogen) atoms. The van der Waals surface area contributed by atoms with Crippen LogP contribution in [0.2, 0.25) is 0 Å². The van der Waals surface area contributed by atoms with Crippen LogP contribution in [0.1, 0.15) is 39.5 Å². The van der Waals surface area contributed by atoms with Crippen molar-refractivity contribution in [3.8, 4) is 0 Å². The molecule has 1 heterocycles. The topological polar surface area (TPSA) is 44.4 Å². The first-order valence-electron chi connectivity index (χ1n) is 7.33. The molecule has 1 rings (SSSR count). The molecule has 0 aromatic carbocycles. The van der Waals surface area contributed by atoms with Crippen molar-refractivity contribution >= 4 is 5.91 Å². The van der Waals surface area contributed by atoms with Gasteiger partial charge >= 0.3 is 0 Å². The zero-order valence-electron chi connectivity index (χ0n) is 12.2. The third-order valence-corrected chi connectivity index (χ3v) is 3.92. The Kier molecular flexibility index (Phi) is 7.28. The third-order valence-electron chi connectivity index (χ3n) is 3.92. The van der Waals surface area contributed by atoms with Crippen LogP contribution >= 0.6 is 0 Å². The van der Waals surface area contributed by atoms with E-state index in [1.165, 1.54) is 12.8 Å². The molecular weight excluding hydrogens is 226 g/mol. The standard InChI is InChI=1S/C14H29N3O/c1-4-5-8-16-14(18)11-17-9-6-7-13(10-17)12(2)15-3/h12-13,15H,4-11H2,1-3H3,(H,16,18). The van der Waals surface area contributed by atoms with Crippen molar-refractivity contribution < 1.29 is 4.79 Å². The smallest absolute Gasteiger partial charge is 0.234 e. The Labute approximate surface area is 111 Å². The number of likely N-dealkylation sites (tertiary alicyclic amines) is 1. The molecule has 2 atom stereocenters. The summed E-state index contributed by atoms with van der Waals surface area (Å²) in [5.41, 5.74) is 0. The minimum atomic E-state index is 0.182. The van der Waals surface area contributed by atoms with E-state index in [1.807, 2.05) is 7.05 Å². The molecular formula is C14H29N3O. The Morgan fingerprint density at radius 2 is 2.28 bits per heavy atom. The largest absolute Gasteiger partial charge is 0.355 e. The molecule has 0 aliphatic carbocycles. The number of hydrogen-bond acceptors (Lipinski definition) is 3. The lowest BCUT2D eigenvalue weighted by Gasteiger charge is -2.35. The van der Waals surface area contributed by atoms with Gasteiger partial charge < -0.3 is 10.6 Å². The quantitative estimate of drug-likeness (QED) is 0.672. The highest BCUT2D eigenvalue weighted by molar-refractivity contribution is 5.77. The summed E-state index contributed by atoms with van der Waals surface area (Å²) in [6.07, 6.45) is 4.69. The molecule has 2 unspecified atom stereocenters. The summed E-state index contributed by atoms with van der Waals surface area (Å²) in [4.78, 5) is 14.1. The Bertz CT molecular complexity index is 245. The molecule has 1 aliphatic heterocycles. The fourth-order valence-corrected chi connectivity index (χ4v) is 2.54. The molecule has 106 valence electrons. The van der Waals surface area contributed by atoms with Crippen LogP contribution in [0.3, 0.4) is 0 Å². The average Bonchev–Trinajstić information content (AvgIpc) is 2.38. The second-order valence-corrected chi connectivity index (χ2v) is 5.42. The molecule has 4 heteroatoms. The van der Waals surface area contributed by atoms with E-state index in [-0.39, 0.29) is 5.91 Å². The molecule has 0 saturated carbocycles. The van der Waals surface area contributed by atoms with Gasteiger partial charge in [-0.2, -0.15) is 0 Å². The van der Waals surface area contributed by atoms with Crippen LogP contribution < -0.4 is 10.6 Å². The summed E-state index contributed by atoms with van der Waals surface area (Å²) in [5, 5.41) is 6.32. The van der Waals surface area contributed by atoms with Crippen molar-refractivity contribution in [1.29, 1.82) is 0 Å². The van der Waals surface area contributed by atoms with Gasteiger partial charge in [0.15, 0.2) is 0 Å². The van der Waals surface area contributed by atoms with E-state index in [0.29, 0.717) is 18.5 Å². The zero-order chi connectivity index (χ0) is 13.4. The number of hydrogen-bond donors (Lipinski definition) is 2. The summed E-state index contributed by atoms with van der Waals surface area (Å²) in [5.74, 6) is 0.855. The van der Waals surface area contributed by atoms with Crippen molar-refractivity contribution in [3.63, 3.8) is 0 Å². The third kappa shape index (κ3) is 5.36. The highest BCUT2D eigenvalue weighted by atomic mass is 16.2. The highest BCUT2D eigenvalue weighted by Crippen LogP contribution is 2.19. The van der Waals surface area contributed by atoms with Gasteiger partial charge in [0.25, 0.3) is 0 Å². The predicted octanol–water partition coefficient (Wildman–Crippen LogP) is 1.22. The number of unbranched alkanes of at least 4 members (excludes halogenated alkanes) is 1. The number of carbonyl (C=O) groups excluding carboxylic acids is 1. The summed E-state index contributed by atoms with van der Waals surface area (Å²) in [6, 6.07) is 0.538.